The maximum absolute atomic E-state index is 12.3. The number of fused-ring (bicyclic) bond motifs is 2. The van der Waals surface area contributed by atoms with Gasteiger partial charge in [0.05, 0.1) is 11.4 Å². The summed E-state index contributed by atoms with van der Waals surface area (Å²) in [5.74, 6) is -0.177. The second-order valence-corrected chi connectivity index (χ2v) is 4.55. The van der Waals surface area contributed by atoms with Crippen molar-refractivity contribution < 1.29 is 69.0 Å². The van der Waals surface area contributed by atoms with Gasteiger partial charge in [0.2, 0.25) is 0 Å². The summed E-state index contributed by atoms with van der Waals surface area (Å²) >= 11 is 0. The summed E-state index contributed by atoms with van der Waals surface area (Å²) in [4.78, 5) is 19.7. The zero-order valence-corrected chi connectivity index (χ0v) is 16.3. The molecule has 0 spiro atoms. The fraction of sp³-hybridized carbons (Fsp3) is 0. The van der Waals surface area contributed by atoms with Crippen molar-refractivity contribution in [1.29, 1.82) is 0 Å². The summed E-state index contributed by atoms with van der Waals surface area (Å²) in [7, 11) is 0. The molecule has 0 amide bonds. The minimum absolute atomic E-state index is 0. The first kappa shape index (κ1) is 17.5. The summed E-state index contributed by atoms with van der Waals surface area (Å²) in [6.07, 6.45) is 0. The number of aromatic hydroxyl groups is 1. The Labute approximate surface area is 171 Å². The van der Waals surface area contributed by atoms with E-state index in [2.05, 4.69) is 22.1 Å². The van der Waals surface area contributed by atoms with Crippen LogP contribution in [0, 0.1) is 12.1 Å². The van der Waals surface area contributed by atoms with Crippen LogP contribution in [-0.2, 0) is 0 Å². The summed E-state index contributed by atoms with van der Waals surface area (Å²) in [6, 6.07) is 16.0. The molecule has 1 aromatic heterocycles. The number of aromatic nitrogens is 1. The van der Waals surface area contributed by atoms with E-state index in [0.29, 0.717) is 22.3 Å². The largest absolute Gasteiger partial charge is 1.00 e. The molecule has 4 rings (SSSR count). The number of nitrogens with one attached hydrogen (secondary N) is 1. The van der Waals surface area contributed by atoms with Crippen LogP contribution in [0.25, 0.3) is 10.9 Å². The first-order valence-corrected chi connectivity index (χ1v) is 6.10. The quantitative estimate of drug-likeness (QED) is 0.367. The third-order valence-corrected chi connectivity index (χ3v) is 3.39. The third kappa shape index (κ3) is 2.60. The molecule has 0 aliphatic carbocycles. The van der Waals surface area contributed by atoms with Gasteiger partial charge in [0.1, 0.15) is 5.71 Å². The van der Waals surface area contributed by atoms with E-state index in [9.17, 15) is 9.90 Å². The molecular formula is C16H8N2Na2O2. The van der Waals surface area contributed by atoms with Gasteiger partial charge in [-0.25, -0.2) is 0 Å². The van der Waals surface area contributed by atoms with Crippen molar-refractivity contribution in [3.05, 3.63) is 59.8 Å². The number of hydrogen-bond donors (Lipinski definition) is 2. The molecule has 4 nitrogen and oxygen atoms in total. The van der Waals surface area contributed by atoms with E-state index in [1.807, 2.05) is 0 Å². The molecule has 0 unspecified atom stereocenters. The van der Waals surface area contributed by atoms with Crippen LogP contribution < -0.4 is 59.1 Å². The molecule has 1 aliphatic rings. The van der Waals surface area contributed by atoms with Crippen LogP contribution in [0.5, 0.6) is 5.75 Å². The van der Waals surface area contributed by atoms with E-state index >= 15 is 0 Å². The normalized spacial score (nSPS) is 12.4. The topological polar surface area (TPSA) is 65.5 Å². The van der Waals surface area contributed by atoms with Crippen molar-refractivity contribution in [3.63, 3.8) is 0 Å². The van der Waals surface area contributed by atoms with Gasteiger partial charge in [-0.3, -0.25) is 4.99 Å². The van der Waals surface area contributed by atoms with Gasteiger partial charge in [-0.2, -0.15) is 36.4 Å². The number of hydrogen-bond acceptors (Lipinski definition) is 3. The van der Waals surface area contributed by atoms with Gasteiger partial charge >= 0.3 is 59.1 Å². The first-order chi connectivity index (χ1) is 9.75. The first-order valence-electron chi connectivity index (χ1n) is 6.10. The average Bonchev–Trinajstić information content (AvgIpc) is 2.98. The van der Waals surface area contributed by atoms with Crippen LogP contribution in [-0.4, -0.2) is 21.6 Å². The molecule has 0 bridgehead atoms. The number of ketones is 1. The Hall–Kier alpha value is -0.880. The van der Waals surface area contributed by atoms with E-state index < -0.39 is 0 Å². The summed E-state index contributed by atoms with van der Waals surface area (Å²) < 4.78 is 0. The van der Waals surface area contributed by atoms with Gasteiger partial charge in [0.25, 0.3) is 0 Å². The van der Waals surface area contributed by atoms with E-state index in [4.69, 9.17) is 0 Å². The predicted molar refractivity (Wildman–Crippen MR) is 74.6 cm³/mol. The molecule has 0 fully saturated rings. The number of rotatable bonds is 1. The zero-order valence-electron chi connectivity index (χ0n) is 12.3. The maximum atomic E-state index is 12.3. The van der Waals surface area contributed by atoms with Crippen LogP contribution in [0.15, 0.2) is 41.4 Å². The van der Waals surface area contributed by atoms with Gasteiger partial charge in [-0.15, -0.1) is 12.1 Å². The van der Waals surface area contributed by atoms with E-state index in [0.717, 1.165) is 5.52 Å². The Bertz CT molecular complexity index is 900. The second-order valence-electron chi connectivity index (χ2n) is 4.55. The van der Waals surface area contributed by atoms with Crippen LogP contribution in [0.1, 0.15) is 16.1 Å². The number of benzene rings is 2. The SMILES string of the molecule is O=C1C(c2[nH]c3cc[c-]cc3c2O)=Nc2cc[c-]cc21.[Na+].[Na+]. The van der Waals surface area contributed by atoms with Crippen molar-refractivity contribution >= 4 is 28.1 Å². The van der Waals surface area contributed by atoms with Crippen LogP contribution in [0.2, 0.25) is 0 Å². The molecule has 96 valence electrons. The molecule has 2 aromatic carbocycles. The number of nitrogens with zero attached hydrogens (tertiary/aromatic N) is 1. The third-order valence-electron chi connectivity index (χ3n) is 3.39. The summed E-state index contributed by atoms with van der Waals surface area (Å²) in [5, 5.41) is 10.9. The number of aromatic amines is 1. The predicted octanol–water partition coefficient (Wildman–Crippen LogP) is -3.20. The van der Waals surface area contributed by atoms with Crippen molar-refractivity contribution in [1.82, 2.24) is 4.98 Å². The van der Waals surface area contributed by atoms with Crippen LogP contribution in [0.4, 0.5) is 5.69 Å². The van der Waals surface area contributed by atoms with E-state index in [1.54, 1.807) is 36.4 Å². The minimum Gasteiger partial charge on any atom is -0.518 e. The number of Topliss-reactive ketones (excluding diaryl/α,β-unsaturated/α-hetero) is 1. The van der Waals surface area contributed by atoms with Crippen LogP contribution >= 0.6 is 0 Å². The number of aliphatic imine (C=N–C) groups is 1. The molecule has 0 atom stereocenters. The van der Waals surface area contributed by atoms with E-state index in [1.165, 1.54) is 0 Å². The van der Waals surface area contributed by atoms with Crippen molar-refractivity contribution in [3.8, 4) is 5.75 Å². The summed E-state index contributed by atoms with van der Waals surface area (Å²) in [5.41, 5.74) is 2.43. The van der Waals surface area contributed by atoms with Gasteiger partial charge in [-0.1, -0.05) is 16.5 Å². The fourth-order valence-corrected chi connectivity index (χ4v) is 2.41. The van der Waals surface area contributed by atoms with Crippen molar-refractivity contribution in [2.45, 2.75) is 0 Å². The number of carbonyl (C=O) groups excluding carboxylic acids is 1. The fourth-order valence-electron chi connectivity index (χ4n) is 2.41. The second kappa shape index (κ2) is 6.71. The molecule has 6 heteroatoms. The molecular weight excluding hydrogens is 298 g/mol. The summed E-state index contributed by atoms with van der Waals surface area (Å²) in [6.45, 7) is 0. The molecule has 22 heavy (non-hydrogen) atoms. The molecule has 0 saturated heterocycles. The Balaban J connectivity index is 0.000000882. The Kier molecular flexibility index (Phi) is 5.33. The van der Waals surface area contributed by atoms with Gasteiger partial charge < -0.3 is 14.9 Å². The average molecular weight is 306 g/mol. The number of H-pyrrole nitrogens is 1. The maximum Gasteiger partial charge on any atom is 1.00 e. The monoisotopic (exact) mass is 306 g/mol. The molecule has 2 N–H and O–H groups in total. The van der Waals surface area contributed by atoms with Gasteiger partial charge in [0, 0.05) is 0 Å². The van der Waals surface area contributed by atoms with Gasteiger partial charge in [0.15, 0.2) is 5.78 Å². The molecule has 0 radical (unpaired) electrons. The van der Waals surface area contributed by atoms with Crippen molar-refractivity contribution in [2.75, 3.05) is 0 Å². The standard InChI is InChI=1S/C16H8N2O2.2Na/c19-15-9-5-1-3-7-11(9)17-13(15)14-16(20)10-6-2-4-8-12(10)18-14;;/h3-8,17,19H;;/q-2;2*+1. The molecule has 1 aliphatic heterocycles. The Morgan fingerprint density at radius 2 is 1.82 bits per heavy atom. The van der Waals surface area contributed by atoms with Crippen LogP contribution in [0.3, 0.4) is 0 Å². The number of carbonyl (C=O) groups is 1. The Morgan fingerprint density at radius 3 is 2.55 bits per heavy atom. The molecule has 3 aromatic rings. The van der Waals surface area contributed by atoms with Crippen molar-refractivity contribution in [2.24, 2.45) is 4.99 Å². The molecule has 2 heterocycles. The van der Waals surface area contributed by atoms with Gasteiger partial charge in [-0.05, 0) is 5.69 Å². The minimum atomic E-state index is -0.206. The van der Waals surface area contributed by atoms with E-state index in [-0.39, 0.29) is 76.4 Å². The zero-order chi connectivity index (χ0) is 13.7. The molecule has 0 saturated carbocycles. The Morgan fingerprint density at radius 1 is 1.09 bits per heavy atom. The smallest absolute Gasteiger partial charge is 0.518 e.